The summed E-state index contributed by atoms with van der Waals surface area (Å²) in [6.07, 6.45) is 4.06. The van der Waals surface area contributed by atoms with Gasteiger partial charge in [-0.2, -0.15) is 0 Å². The lowest BCUT2D eigenvalue weighted by Gasteiger charge is -2.18. The predicted octanol–water partition coefficient (Wildman–Crippen LogP) is 3.13. The number of likely N-dealkylation sites (tertiary alicyclic amines) is 1. The Bertz CT molecular complexity index is 269. The molecule has 1 aliphatic carbocycles. The molecule has 0 spiro atoms. The van der Waals surface area contributed by atoms with Crippen molar-refractivity contribution in [2.75, 3.05) is 26.2 Å². The fraction of sp³-hybridized carbons (Fsp3) is 1.00. The van der Waals surface area contributed by atoms with E-state index in [-0.39, 0.29) is 0 Å². The number of nitrogens with one attached hydrogen (secondary N) is 1. The molecule has 2 heteroatoms. The quantitative estimate of drug-likeness (QED) is 0.827. The minimum atomic E-state index is 0.528. The Morgan fingerprint density at radius 3 is 2.28 bits per heavy atom. The normalized spacial score (nSPS) is 32.2. The fourth-order valence-electron chi connectivity index (χ4n) is 3.80. The zero-order valence-corrected chi connectivity index (χ0v) is 13.1. The molecule has 1 N–H and O–H groups in total. The molecule has 2 aliphatic rings. The second-order valence-corrected chi connectivity index (χ2v) is 7.47. The maximum Gasteiger partial charge on any atom is 0.00798 e. The third-order valence-electron chi connectivity index (χ3n) is 6.20. The van der Waals surface area contributed by atoms with Crippen molar-refractivity contribution in [2.24, 2.45) is 16.7 Å². The average Bonchev–Trinajstić information content (AvgIpc) is 2.82. The highest BCUT2D eigenvalue weighted by atomic mass is 15.1. The molecule has 1 unspecified atom stereocenters. The third kappa shape index (κ3) is 2.60. The van der Waals surface area contributed by atoms with Crippen molar-refractivity contribution >= 4 is 0 Å². The average molecular weight is 252 g/mol. The van der Waals surface area contributed by atoms with Crippen LogP contribution < -0.4 is 5.32 Å². The summed E-state index contributed by atoms with van der Waals surface area (Å²) >= 11 is 0. The lowest BCUT2D eigenvalue weighted by molar-refractivity contribution is 0.296. The summed E-state index contributed by atoms with van der Waals surface area (Å²) in [6, 6.07) is 0.758. The number of hydrogen-bond donors (Lipinski definition) is 1. The van der Waals surface area contributed by atoms with E-state index >= 15 is 0 Å². The molecule has 2 rings (SSSR count). The van der Waals surface area contributed by atoms with Crippen LogP contribution in [0.3, 0.4) is 0 Å². The molecule has 106 valence electrons. The van der Waals surface area contributed by atoms with Gasteiger partial charge in [0.15, 0.2) is 0 Å². The summed E-state index contributed by atoms with van der Waals surface area (Å²) in [6.45, 7) is 17.0. The molecule has 0 aromatic carbocycles. The highest BCUT2D eigenvalue weighted by Gasteiger charge is 2.63. The van der Waals surface area contributed by atoms with Crippen LogP contribution in [0.4, 0.5) is 0 Å². The van der Waals surface area contributed by atoms with Gasteiger partial charge in [-0.25, -0.2) is 0 Å². The van der Waals surface area contributed by atoms with Gasteiger partial charge in [-0.05, 0) is 62.2 Å². The Labute approximate surface area is 114 Å². The minimum Gasteiger partial charge on any atom is -0.314 e. The van der Waals surface area contributed by atoms with Crippen molar-refractivity contribution < 1.29 is 0 Å². The zero-order valence-electron chi connectivity index (χ0n) is 13.1. The van der Waals surface area contributed by atoms with Gasteiger partial charge in [0.05, 0.1) is 0 Å². The monoisotopic (exact) mass is 252 g/mol. The molecule has 0 amide bonds. The van der Waals surface area contributed by atoms with E-state index in [2.05, 4.69) is 44.8 Å². The van der Waals surface area contributed by atoms with E-state index < -0.39 is 0 Å². The highest BCUT2D eigenvalue weighted by molar-refractivity contribution is 5.12. The lowest BCUT2D eigenvalue weighted by Crippen LogP contribution is -2.33. The van der Waals surface area contributed by atoms with Crippen LogP contribution in [-0.2, 0) is 0 Å². The molecule has 1 saturated heterocycles. The van der Waals surface area contributed by atoms with E-state index in [1.807, 2.05) is 0 Å². The first-order valence-electron chi connectivity index (χ1n) is 7.85. The SMILES string of the molecule is CCN1CCCC(NCC2C(C)(C)C2(C)C)CC1. The van der Waals surface area contributed by atoms with Gasteiger partial charge in [0.25, 0.3) is 0 Å². The summed E-state index contributed by atoms with van der Waals surface area (Å²) in [7, 11) is 0. The summed E-state index contributed by atoms with van der Waals surface area (Å²) in [5, 5.41) is 3.85. The number of nitrogens with zero attached hydrogens (tertiary/aromatic N) is 1. The molecular formula is C16H32N2. The summed E-state index contributed by atoms with van der Waals surface area (Å²) < 4.78 is 0. The Morgan fingerprint density at radius 2 is 1.72 bits per heavy atom. The highest BCUT2D eigenvalue weighted by Crippen LogP contribution is 2.67. The van der Waals surface area contributed by atoms with Gasteiger partial charge in [-0.1, -0.05) is 34.6 Å². The van der Waals surface area contributed by atoms with Gasteiger partial charge in [0.1, 0.15) is 0 Å². The molecule has 18 heavy (non-hydrogen) atoms. The molecule has 0 aromatic heterocycles. The van der Waals surface area contributed by atoms with Crippen molar-refractivity contribution in [3.63, 3.8) is 0 Å². The summed E-state index contributed by atoms with van der Waals surface area (Å²) in [5.41, 5.74) is 1.06. The zero-order chi connectivity index (χ0) is 13.4. The van der Waals surface area contributed by atoms with Crippen LogP contribution in [0.15, 0.2) is 0 Å². The van der Waals surface area contributed by atoms with Crippen molar-refractivity contribution in [1.29, 1.82) is 0 Å². The van der Waals surface area contributed by atoms with Crippen LogP contribution in [0.25, 0.3) is 0 Å². The van der Waals surface area contributed by atoms with Gasteiger partial charge in [0, 0.05) is 6.04 Å². The standard InChI is InChI=1S/C16H32N2/c1-6-18-10-7-8-13(9-11-18)17-12-14-15(2,3)16(14,4)5/h13-14,17H,6-12H2,1-5H3. The van der Waals surface area contributed by atoms with Crippen LogP contribution in [0.5, 0.6) is 0 Å². The van der Waals surface area contributed by atoms with Crippen LogP contribution in [0.1, 0.15) is 53.9 Å². The maximum atomic E-state index is 3.85. The lowest BCUT2D eigenvalue weighted by atomic mass is 10.0. The molecule has 2 fully saturated rings. The van der Waals surface area contributed by atoms with Crippen LogP contribution in [0, 0.1) is 16.7 Å². The first-order chi connectivity index (χ1) is 8.39. The Balaban J connectivity index is 1.75. The molecule has 2 nitrogen and oxygen atoms in total. The van der Waals surface area contributed by atoms with Crippen molar-refractivity contribution in [3.8, 4) is 0 Å². The van der Waals surface area contributed by atoms with Gasteiger partial charge >= 0.3 is 0 Å². The van der Waals surface area contributed by atoms with E-state index in [1.54, 1.807) is 0 Å². The molecule has 0 bridgehead atoms. The first kappa shape index (κ1) is 14.3. The van der Waals surface area contributed by atoms with Gasteiger partial charge in [-0.15, -0.1) is 0 Å². The van der Waals surface area contributed by atoms with Gasteiger partial charge in [0.2, 0.25) is 0 Å². The minimum absolute atomic E-state index is 0.528. The summed E-state index contributed by atoms with van der Waals surface area (Å²) in [5.74, 6) is 0.857. The van der Waals surface area contributed by atoms with Crippen LogP contribution in [-0.4, -0.2) is 37.1 Å². The van der Waals surface area contributed by atoms with E-state index in [0.717, 1.165) is 12.0 Å². The molecule has 1 aliphatic heterocycles. The van der Waals surface area contributed by atoms with E-state index in [1.165, 1.54) is 45.4 Å². The van der Waals surface area contributed by atoms with E-state index in [0.29, 0.717) is 10.8 Å². The van der Waals surface area contributed by atoms with Gasteiger partial charge in [-0.3, -0.25) is 0 Å². The van der Waals surface area contributed by atoms with Crippen molar-refractivity contribution in [1.82, 2.24) is 10.2 Å². The molecule has 1 heterocycles. The maximum absolute atomic E-state index is 3.85. The second kappa shape index (κ2) is 5.13. The molecule has 0 radical (unpaired) electrons. The van der Waals surface area contributed by atoms with Crippen molar-refractivity contribution in [2.45, 2.75) is 59.9 Å². The molecule has 1 saturated carbocycles. The largest absolute Gasteiger partial charge is 0.314 e. The first-order valence-corrected chi connectivity index (χ1v) is 7.85. The Morgan fingerprint density at radius 1 is 1.06 bits per heavy atom. The van der Waals surface area contributed by atoms with Crippen LogP contribution in [0.2, 0.25) is 0 Å². The summed E-state index contributed by atoms with van der Waals surface area (Å²) in [4.78, 5) is 2.59. The Kier molecular flexibility index (Phi) is 4.08. The predicted molar refractivity (Wildman–Crippen MR) is 78.8 cm³/mol. The molecular weight excluding hydrogens is 220 g/mol. The smallest absolute Gasteiger partial charge is 0.00798 e. The third-order valence-corrected chi connectivity index (χ3v) is 6.20. The fourth-order valence-corrected chi connectivity index (χ4v) is 3.80. The van der Waals surface area contributed by atoms with Crippen LogP contribution >= 0.6 is 0 Å². The van der Waals surface area contributed by atoms with Gasteiger partial charge < -0.3 is 10.2 Å². The van der Waals surface area contributed by atoms with E-state index in [9.17, 15) is 0 Å². The number of rotatable bonds is 4. The molecule has 1 atom stereocenters. The second-order valence-electron chi connectivity index (χ2n) is 7.47. The number of hydrogen-bond acceptors (Lipinski definition) is 2. The van der Waals surface area contributed by atoms with E-state index in [4.69, 9.17) is 0 Å². The molecule has 0 aromatic rings. The topological polar surface area (TPSA) is 15.3 Å². The van der Waals surface area contributed by atoms with Crippen molar-refractivity contribution in [3.05, 3.63) is 0 Å². The Hall–Kier alpha value is -0.0800.